The van der Waals surface area contributed by atoms with Crippen LogP contribution in [0.15, 0.2) is 67.0 Å². The van der Waals surface area contributed by atoms with Gasteiger partial charge in [-0.1, -0.05) is 24.3 Å². The molecule has 32 heavy (non-hydrogen) atoms. The molecule has 7 nitrogen and oxygen atoms in total. The van der Waals surface area contributed by atoms with Gasteiger partial charge in [-0.15, -0.1) is 0 Å². The van der Waals surface area contributed by atoms with Crippen molar-refractivity contribution in [1.82, 2.24) is 25.1 Å². The molecule has 0 fully saturated rings. The quantitative estimate of drug-likeness (QED) is 0.528. The number of nitrogens with one attached hydrogen (secondary N) is 1. The van der Waals surface area contributed by atoms with Gasteiger partial charge in [-0.3, -0.25) is 4.79 Å². The van der Waals surface area contributed by atoms with Gasteiger partial charge in [0.1, 0.15) is 11.9 Å². The van der Waals surface area contributed by atoms with E-state index in [4.69, 9.17) is 4.74 Å². The number of aromatic nitrogens is 4. The zero-order chi connectivity index (χ0) is 22.1. The number of aryl methyl sites for hydroxylation is 2. The molecule has 160 valence electrons. The van der Waals surface area contributed by atoms with Crippen LogP contribution in [0.1, 0.15) is 27.3 Å². The number of carbonyl (C=O) groups is 1. The molecule has 0 saturated carbocycles. The molecule has 1 aliphatic rings. The second kappa shape index (κ2) is 8.26. The zero-order valence-corrected chi connectivity index (χ0v) is 17.9. The van der Waals surface area contributed by atoms with Gasteiger partial charge in [0.05, 0.1) is 23.4 Å². The van der Waals surface area contributed by atoms with Crippen molar-refractivity contribution in [3.8, 4) is 22.8 Å². The summed E-state index contributed by atoms with van der Waals surface area (Å²) in [5.74, 6) is 1.30. The highest BCUT2D eigenvalue weighted by atomic mass is 16.5. The van der Waals surface area contributed by atoms with E-state index in [1.807, 2.05) is 62.5 Å². The van der Waals surface area contributed by atoms with Crippen molar-refractivity contribution in [3.63, 3.8) is 0 Å². The molecule has 1 unspecified atom stereocenters. The molecule has 1 amide bonds. The van der Waals surface area contributed by atoms with Crippen molar-refractivity contribution in [1.29, 1.82) is 0 Å². The van der Waals surface area contributed by atoms with E-state index < -0.39 is 0 Å². The fraction of sp³-hybridized carbons (Fsp3) is 0.200. The number of ether oxygens (including phenoxy) is 1. The Kier molecular flexibility index (Phi) is 5.15. The lowest BCUT2D eigenvalue weighted by Gasteiger charge is -2.15. The average Bonchev–Trinajstić information content (AvgIpc) is 3.46. The van der Waals surface area contributed by atoms with E-state index in [1.165, 1.54) is 0 Å². The fourth-order valence-corrected chi connectivity index (χ4v) is 4.05. The highest BCUT2D eigenvalue weighted by Crippen LogP contribution is 2.37. The van der Waals surface area contributed by atoms with Crippen LogP contribution >= 0.6 is 0 Å². The molecule has 2 aromatic heterocycles. The summed E-state index contributed by atoms with van der Waals surface area (Å²) in [7, 11) is 0. The summed E-state index contributed by atoms with van der Waals surface area (Å²) < 4.78 is 7.94. The zero-order valence-electron chi connectivity index (χ0n) is 17.9. The first kappa shape index (κ1) is 19.9. The molecule has 0 aliphatic carbocycles. The lowest BCUT2D eigenvalue weighted by molar-refractivity contribution is 0.0933. The number of rotatable bonds is 5. The van der Waals surface area contributed by atoms with E-state index in [-0.39, 0.29) is 12.0 Å². The summed E-state index contributed by atoms with van der Waals surface area (Å²) in [4.78, 5) is 22.1. The van der Waals surface area contributed by atoms with E-state index in [1.54, 1.807) is 16.9 Å². The van der Waals surface area contributed by atoms with Gasteiger partial charge < -0.3 is 10.1 Å². The van der Waals surface area contributed by atoms with Crippen molar-refractivity contribution in [2.24, 2.45) is 0 Å². The third-order valence-electron chi connectivity index (χ3n) is 5.44. The topological polar surface area (TPSA) is 81.9 Å². The minimum Gasteiger partial charge on any atom is -0.487 e. The lowest BCUT2D eigenvalue weighted by Crippen LogP contribution is -2.35. The van der Waals surface area contributed by atoms with Gasteiger partial charge in [0.25, 0.3) is 5.91 Å². The molecule has 1 atom stereocenters. The van der Waals surface area contributed by atoms with Crippen molar-refractivity contribution in [2.75, 3.05) is 6.54 Å². The Morgan fingerprint density at radius 3 is 2.69 bits per heavy atom. The second-order valence-corrected chi connectivity index (χ2v) is 7.89. The minimum atomic E-state index is -0.159. The molecule has 1 aliphatic heterocycles. The van der Waals surface area contributed by atoms with Crippen LogP contribution in [0.5, 0.6) is 5.75 Å². The third-order valence-corrected chi connectivity index (χ3v) is 5.44. The van der Waals surface area contributed by atoms with Gasteiger partial charge in [0.2, 0.25) is 0 Å². The predicted molar refractivity (Wildman–Crippen MR) is 121 cm³/mol. The number of hydrogen-bond acceptors (Lipinski definition) is 5. The largest absolute Gasteiger partial charge is 0.487 e. The van der Waals surface area contributed by atoms with Crippen molar-refractivity contribution >= 4 is 5.91 Å². The molecule has 0 bridgehead atoms. The molecule has 7 heteroatoms. The van der Waals surface area contributed by atoms with Gasteiger partial charge in [-0.2, -0.15) is 5.10 Å². The monoisotopic (exact) mass is 425 g/mol. The van der Waals surface area contributed by atoms with Crippen molar-refractivity contribution in [3.05, 3.63) is 89.5 Å². The van der Waals surface area contributed by atoms with Crippen LogP contribution in [-0.2, 0) is 6.42 Å². The molecule has 4 aromatic rings. The minimum absolute atomic E-state index is 0.155. The van der Waals surface area contributed by atoms with Crippen LogP contribution in [-0.4, -0.2) is 38.3 Å². The number of amides is 1. The number of carbonyl (C=O) groups excluding carboxylic acids is 1. The summed E-state index contributed by atoms with van der Waals surface area (Å²) in [6.45, 7) is 4.32. The maximum Gasteiger partial charge on any atom is 0.253 e. The number of nitrogens with zero attached hydrogens (tertiary/aromatic N) is 4. The van der Waals surface area contributed by atoms with Crippen molar-refractivity contribution in [2.45, 2.75) is 26.4 Å². The Morgan fingerprint density at radius 2 is 1.91 bits per heavy atom. The van der Waals surface area contributed by atoms with Gasteiger partial charge in [-0.25, -0.2) is 14.6 Å². The van der Waals surface area contributed by atoms with Crippen LogP contribution in [0.3, 0.4) is 0 Å². The van der Waals surface area contributed by atoms with Gasteiger partial charge in [-0.05, 0) is 49.7 Å². The average molecular weight is 425 g/mol. The maximum absolute atomic E-state index is 12.9. The van der Waals surface area contributed by atoms with Crippen LogP contribution in [0.4, 0.5) is 0 Å². The summed E-state index contributed by atoms with van der Waals surface area (Å²) in [6, 6.07) is 17.2. The molecule has 2 aromatic carbocycles. The lowest BCUT2D eigenvalue weighted by atomic mass is 10.1. The predicted octanol–water partition coefficient (Wildman–Crippen LogP) is 3.68. The Balaban J connectivity index is 1.32. The van der Waals surface area contributed by atoms with E-state index in [9.17, 15) is 4.79 Å². The first-order chi connectivity index (χ1) is 15.6. The molecule has 0 radical (unpaired) electrons. The highest BCUT2D eigenvalue weighted by Gasteiger charge is 2.27. The number of para-hydroxylation sites is 2. The number of hydrogen-bond donors (Lipinski definition) is 1. The van der Waals surface area contributed by atoms with Gasteiger partial charge in [0.15, 0.2) is 5.82 Å². The first-order valence-electron chi connectivity index (χ1n) is 10.6. The van der Waals surface area contributed by atoms with Crippen LogP contribution < -0.4 is 10.1 Å². The Morgan fingerprint density at radius 1 is 1.09 bits per heavy atom. The highest BCUT2D eigenvalue weighted by molar-refractivity contribution is 5.97. The van der Waals surface area contributed by atoms with Crippen LogP contribution in [0.2, 0.25) is 0 Å². The Bertz CT molecular complexity index is 1260. The number of benzene rings is 2. The maximum atomic E-state index is 12.9. The second-order valence-electron chi connectivity index (χ2n) is 7.89. The molecular weight excluding hydrogens is 402 g/mol. The van der Waals surface area contributed by atoms with Gasteiger partial charge in [0, 0.05) is 30.2 Å². The SMILES string of the molecule is Cc1cc(C)nc(-c2cccc3c2OC(CNC(=O)c2ccccc2-n2cccn2)C3)n1. The van der Waals surface area contributed by atoms with Gasteiger partial charge >= 0.3 is 0 Å². The van der Waals surface area contributed by atoms with Crippen LogP contribution in [0.25, 0.3) is 17.1 Å². The normalized spacial score (nSPS) is 14.6. The van der Waals surface area contributed by atoms with E-state index in [2.05, 4.69) is 26.4 Å². The van der Waals surface area contributed by atoms with Crippen LogP contribution in [0, 0.1) is 13.8 Å². The standard InChI is InChI=1S/C25H23N5O2/c1-16-13-17(2)29-24(28-16)21-9-5-7-18-14-19(32-23(18)21)15-26-25(31)20-8-3-4-10-22(20)30-12-6-11-27-30/h3-13,19H,14-15H2,1-2H3,(H,26,31). The first-order valence-corrected chi connectivity index (χ1v) is 10.6. The summed E-state index contributed by atoms with van der Waals surface area (Å²) in [5.41, 5.74) is 5.12. The van der Waals surface area contributed by atoms with E-state index >= 15 is 0 Å². The molecule has 1 N–H and O–H groups in total. The molecule has 0 saturated heterocycles. The fourth-order valence-electron chi connectivity index (χ4n) is 4.05. The summed E-state index contributed by atoms with van der Waals surface area (Å²) in [6.07, 6.45) is 4.07. The Labute approximate surface area is 186 Å². The van der Waals surface area contributed by atoms with Crippen molar-refractivity contribution < 1.29 is 9.53 Å². The van der Waals surface area contributed by atoms with E-state index in [0.717, 1.165) is 40.4 Å². The smallest absolute Gasteiger partial charge is 0.253 e. The summed E-state index contributed by atoms with van der Waals surface area (Å²) >= 11 is 0. The van der Waals surface area contributed by atoms with E-state index in [0.29, 0.717) is 17.9 Å². The molecule has 3 heterocycles. The number of fused-ring (bicyclic) bond motifs is 1. The molecule has 0 spiro atoms. The third kappa shape index (κ3) is 3.85. The summed E-state index contributed by atoms with van der Waals surface area (Å²) in [5, 5.41) is 7.26. The molecular formula is C25H23N5O2. The Hall–Kier alpha value is -4.00. The molecule has 5 rings (SSSR count).